The number of phenolic OH excluding ortho intramolecular Hbond substituents is 1. The number of hydrogen-bond donors (Lipinski definition) is 2. The molecule has 2 N–H and O–H groups in total. The van der Waals surface area contributed by atoms with Crippen LogP contribution in [0.3, 0.4) is 0 Å². The highest BCUT2D eigenvalue weighted by Gasteiger charge is 2.11. The van der Waals surface area contributed by atoms with Crippen LogP contribution in [0.2, 0.25) is 10.0 Å². The minimum absolute atomic E-state index is 0.0813. The predicted octanol–water partition coefficient (Wildman–Crippen LogP) is 5.82. The lowest BCUT2D eigenvalue weighted by Crippen LogP contribution is -2.12. The second-order valence-electron chi connectivity index (χ2n) is 5.49. The van der Waals surface area contributed by atoms with Gasteiger partial charge in [0.15, 0.2) is 0 Å². The third-order valence-electron chi connectivity index (χ3n) is 3.72. The van der Waals surface area contributed by atoms with Gasteiger partial charge in [-0.15, -0.1) is 0 Å². The predicted molar refractivity (Wildman–Crippen MR) is 104 cm³/mol. The number of aromatic hydroxyl groups is 1. The van der Waals surface area contributed by atoms with Gasteiger partial charge in [-0.2, -0.15) is 0 Å². The highest BCUT2D eigenvalue weighted by atomic mass is 35.5. The molecule has 5 nitrogen and oxygen atoms in total. The number of anilines is 1. The molecule has 0 atom stereocenters. The molecule has 132 valence electrons. The highest BCUT2D eigenvalue weighted by molar-refractivity contribution is 6.42. The van der Waals surface area contributed by atoms with E-state index in [1.165, 1.54) is 6.07 Å². The average Bonchev–Trinajstić information content (AvgIpc) is 2.63. The van der Waals surface area contributed by atoms with Gasteiger partial charge in [-0.1, -0.05) is 58.7 Å². The SMILES string of the molecule is CC(=NOC(=O)Nc1ccc(Cl)c(Cl)c1)c1ccc2ccccc2c1O. The Labute approximate surface area is 159 Å². The maximum Gasteiger partial charge on any atom is 0.437 e. The molecule has 3 rings (SSSR count). The lowest BCUT2D eigenvalue weighted by molar-refractivity contribution is 0.166. The summed E-state index contributed by atoms with van der Waals surface area (Å²) < 4.78 is 0. The molecule has 3 aromatic rings. The minimum Gasteiger partial charge on any atom is -0.507 e. The molecule has 0 aliphatic heterocycles. The van der Waals surface area contributed by atoms with Crippen molar-refractivity contribution in [1.29, 1.82) is 0 Å². The van der Waals surface area contributed by atoms with E-state index >= 15 is 0 Å². The van der Waals surface area contributed by atoms with Crippen LogP contribution in [0.4, 0.5) is 10.5 Å². The monoisotopic (exact) mass is 388 g/mol. The maximum atomic E-state index is 11.9. The number of benzene rings is 3. The molecule has 0 aliphatic carbocycles. The van der Waals surface area contributed by atoms with Gasteiger partial charge in [0.1, 0.15) is 5.75 Å². The van der Waals surface area contributed by atoms with Crippen LogP contribution < -0.4 is 5.32 Å². The van der Waals surface area contributed by atoms with Crippen LogP contribution in [0.5, 0.6) is 5.75 Å². The average molecular weight is 389 g/mol. The fourth-order valence-electron chi connectivity index (χ4n) is 2.42. The number of rotatable bonds is 3. The summed E-state index contributed by atoms with van der Waals surface area (Å²) in [6.07, 6.45) is -0.789. The van der Waals surface area contributed by atoms with Crippen molar-refractivity contribution in [3.8, 4) is 5.75 Å². The van der Waals surface area contributed by atoms with Gasteiger partial charge < -0.3 is 5.11 Å². The molecule has 0 heterocycles. The second-order valence-corrected chi connectivity index (χ2v) is 6.31. The summed E-state index contributed by atoms with van der Waals surface area (Å²) in [6, 6.07) is 15.6. The Morgan fingerprint density at radius 1 is 1.08 bits per heavy atom. The summed E-state index contributed by atoms with van der Waals surface area (Å²) in [5.41, 5.74) is 1.26. The van der Waals surface area contributed by atoms with Crippen molar-refractivity contribution in [2.24, 2.45) is 5.16 Å². The van der Waals surface area contributed by atoms with Crippen molar-refractivity contribution < 1.29 is 14.7 Å². The molecule has 26 heavy (non-hydrogen) atoms. The number of amides is 1. The zero-order valence-electron chi connectivity index (χ0n) is 13.7. The van der Waals surface area contributed by atoms with Gasteiger partial charge in [0.05, 0.1) is 15.8 Å². The number of carbonyl (C=O) groups is 1. The van der Waals surface area contributed by atoms with Gasteiger partial charge in [0.2, 0.25) is 0 Å². The van der Waals surface area contributed by atoms with Crippen molar-refractivity contribution in [3.63, 3.8) is 0 Å². The van der Waals surface area contributed by atoms with Gasteiger partial charge in [-0.25, -0.2) is 4.79 Å². The summed E-state index contributed by atoms with van der Waals surface area (Å²) >= 11 is 11.7. The molecule has 0 spiro atoms. The van der Waals surface area contributed by atoms with Gasteiger partial charge in [0.25, 0.3) is 0 Å². The molecule has 0 radical (unpaired) electrons. The van der Waals surface area contributed by atoms with E-state index in [0.29, 0.717) is 32.4 Å². The first-order chi connectivity index (χ1) is 12.5. The summed E-state index contributed by atoms with van der Waals surface area (Å²) in [4.78, 5) is 16.7. The Bertz CT molecular complexity index is 1020. The van der Waals surface area contributed by atoms with E-state index < -0.39 is 6.09 Å². The van der Waals surface area contributed by atoms with E-state index in [1.54, 1.807) is 31.2 Å². The van der Waals surface area contributed by atoms with Crippen molar-refractivity contribution >= 4 is 51.5 Å². The minimum atomic E-state index is -0.789. The van der Waals surface area contributed by atoms with Gasteiger partial charge >= 0.3 is 6.09 Å². The number of nitrogens with zero attached hydrogens (tertiary/aromatic N) is 1. The van der Waals surface area contributed by atoms with Gasteiger partial charge in [0, 0.05) is 16.6 Å². The summed E-state index contributed by atoms with van der Waals surface area (Å²) in [5, 5.41) is 19.0. The maximum absolute atomic E-state index is 11.9. The van der Waals surface area contributed by atoms with E-state index in [9.17, 15) is 9.90 Å². The molecule has 3 aromatic carbocycles. The molecule has 0 unspecified atom stereocenters. The topological polar surface area (TPSA) is 70.9 Å². The molecule has 0 aromatic heterocycles. The van der Waals surface area contributed by atoms with Crippen LogP contribution in [0.1, 0.15) is 12.5 Å². The van der Waals surface area contributed by atoms with Crippen molar-refractivity contribution in [2.45, 2.75) is 6.92 Å². The summed E-state index contributed by atoms with van der Waals surface area (Å²) in [6.45, 7) is 1.64. The molecule has 0 aliphatic rings. The quantitative estimate of drug-likeness (QED) is 0.337. The smallest absolute Gasteiger partial charge is 0.437 e. The molecule has 0 saturated heterocycles. The Morgan fingerprint density at radius 3 is 2.62 bits per heavy atom. The van der Waals surface area contributed by atoms with Crippen LogP contribution in [0.25, 0.3) is 10.8 Å². The molecule has 7 heteroatoms. The van der Waals surface area contributed by atoms with Gasteiger partial charge in [-0.3, -0.25) is 10.2 Å². The number of nitrogens with one attached hydrogen (secondary N) is 1. The summed E-state index contributed by atoms with van der Waals surface area (Å²) in [5.74, 6) is 0.0813. The van der Waals surface area contributed by atoms with E-state index in [4.69, 9.17) is 28.0 Å². The molecule has 0 fully saturated rings. The lowest BCUT2D eigenvalue weighted by Gasteiger charge is -2.08. The summed E-state index contributed by atoms with van der Waals surface area (Å²) in [7, 11) is 0. The largest absolute Gasteiger partial charge is 0.507 e. The van der Waals surface area contributed by atoms with E-state index in [1.807, 2.05) is 24.3 Å². The fraction of sp³-hybridized carbons (Fsp3) is 0.0526. The Hall–Kier alpha value is -2.76. The number of oxime groups is 1. The van der Waals surface area contributed by atoms with Crippen LogP contribution in [0.15, 0.2) is 59.8 Å². The van der Waals surface area contributed by atoms with Crippen molar-refractivity contribution in [2.75, 3.05) is 5.32 Å². The molecule has 0 saturated carbocycles. The van der Waals surface area contributed by atoms with E-state index in [2.05, 4.69) is 10.5 Å². The Morgan fingerprint density at radius 2 is 1.85 bits per heavy atom. The first kappa shape index (κ1) is 18.0. The number of hydrogen-bond acceptors (Lipinski definition) is 4. The van der Waals surface area contributed by atoms with Crippen LogP contribution >= 0.6 is 23.2 Å². The number of fused-ring (bicyclic) bond motifs is 1. The molecular formula is C19H14Cl2N2O3. The fourth-order valence-corrected chi connectivity index (χ4v) is 2.72. The third kappa shape index (κ3) is 3.90. The van der Waals surface area contributed by atoms with Crippen LogP contribution in [-0.4, -0.2) is 16.9 Å². The molecular weight excluding hydrogens is 375 g/mol. The standard InChI is InChI=1S/C19H14Cl2N2O3/c1-11(14-8-6-12-4-2-3-5-15(12)18(14)24)23-26-19(25)22-13-7-9-16(20)17(21)10-13/h2-10,24H,1H3,(H,22,25). The molecule has 0 bridgehead atoms. The normalized spacial score (nSPS) is 11.4. The number of carbonyl (C=O) groups excluding carboxylic acids is 1. The lowest BCUT2D eigenvalue weighted by atomic mass is 10.0. The Kier molecular flexibility index (Phi) is 5.30. The zero-order chi connectivity index (χ0) is 18.7. The Balaban J connectivity index is 1.74. The third-order valence-corrected chi connectivity index (χ3v) is 4.46. The van der Waals surface area contributed by atoms with E-state index in [0.717, 1.165) is 5.39 Å². The van der Waals surface area contributed by atoms with Crippen molar-refractivity contribution in [3.05, 3.63) is 70.2 Å². The van der Waals surface area contributed by atoms with Gasteiger partial charge in [-0.05, 0) is 36.6 Å². The number of halogens is 2. The molecule has 1 amide bonds. The first-order valence-corrected chi connectivity index (χ1v) is 8.40. The number of phenols is 1. The van der Waals surface area contributed by atoms with Crippen LogP contribution in [-0.2, 0) is 4.84 Å². The highest BCUT2D eigenvalue weighted by Crippen LogP contribution is 2.29. The van der Waals surface area contributed by atoms with E-state index in [-0.39, 0.29) is 5.75 Å². The zero-order valence-corrected chi connectivity index (χ0v) is 15.2. The van der Waals surface area contributed by atoms with Crippen LogP contribution in [0, 0.1) is 0 Å². The first-order valence-electron chi connectivity index (χ1n) is 7.64. The second kappa shape index (κ2) is 7.64. The van der Waals surface area contributed by atoms with Crippen molar-refractivity contribution in [1.82, 2.24) is 0 Å².